The number of benzene rings is 1. The summed E-state index contributed by atoms with van der Waals surface area (Å²) in [7, 11) is 0. The van der Waals surface area contributed by atoms with Crippen molar-refractivity contribution in [3.8, 4) is 10.4 Å². The molecule has 7 heteroatoms. The first-order valence-electron chi connectivity index (χ1n) is 10.7. The first-order valence-corrected chi connectivity index (χ1v) is 11.6. The van der Waals surface area contributed by atoms with E-state index < -0.39 is 5.41 Å². The Labute approximate surface area is 186 Å². The molecule has 1 unspecified atom stereocenters. The number of hydrogen-bond acceptors (Lipinski definition) is 5. The van der Waals surface area contributed by atoms with Gasteiger partial charge in [-0.2, -0.15) is 0 Å². The lowest BCUT2D eigenvalue weighted by atomic mass is 9.73. The van der Waals surface area contributed by atoms with Gasteiger partial charge in [0.05, 0.1) is 5.41 Å². The zero-order valence-electron chi connectivity index (χ0n) is 17.7. The second kappa shape index (κ2) is 9.06. The maximum Gasteiger partial charge on any atom is 0.276 e. The van der Waals surface area contributed by atoms with Crippen LogP contribution in [0.1, 0.15) is 48.0 Å². The molecule has 4 rings (SSSR count). The maximum absolute atomic E-state index is 13.1. The van der Waals surface area contributed by atoms with Gasteiger partial charge in [-0.05, 0) is 48.3 Å². The van der Waals surface area contributed by atoms with Crippen molar-refractivity contribution in [3.05, 3.63) is 64.9 Å². The van der Waals surface area contributed by atoms with Crippen LogP contribution < -0.4 is 5.73 Å². The quantitative estimate of drug-likeness (QED) is 0.597. The largest absolute Gasteiger partial charge is 0.369 e. The van der Waals surface area contributed by atoms with E-state index in [-0.39, 0.29) is 18.4 Å². The molecule has 1 atom stereocenters. The highest BCUT2D eigenvalue weighted by molar-refractivity contribution is 7.13. The van der Waals surface area contributed by atoms with Crippen molar-refractivity contribution < 1.29 is 14.1 Å². The Morgan fingerprint density at radius 2 is 2.10 bits per heavy atom. The van der Waals surface area contributed by atoms with Crippen LogP contribution in [0.4, 0.5) is 0 Å². The van der Waals surface area contributed by atoms with E-state index in [1.165, 1.54) is 0 Å². The van der Waals surface area contributed by atoms with Crippen molar-refractivity contribution in [2.24, 2.45) is 11.1 Å². The summed E-state index contributed by atoms with van der Waals surface area (Å²) in [5.41, 5.74) is 7.63. The number of aromatic nitrogens is 1. The number of amides is 2. The normalized spacial score (nSPS) is 18.8. The lowest BCUT2D eigenvalue weighted by Crippen LogP contribution is -2.53. The molecule has 2 amide bonds. The van der Waals surface area contributed by atoms with E-state index in [2.05, 4.69) is 23.4 Å². The van der Waals surface area contributed by atoms with E-state index in [0.29, 0.717) is 30.8 Å². The van der Waals surface area contributed by atoms with Crippen molar-refractivity contribution in [2.45, 2.75) is 39.0 Å². The van der Waals surface area contributed by atoms with Gasteiger partial charge in [-0.3, -0.25) is 9.59 Å². The average molecular weight is 438 g/mol. The molecule has 2 N–H and O–H groups in total. The molecule has 31 heavy (non-hydrogen) atoms. The van der Waals surface area contributed by atoms with Crippen molar-refractivity contribution in [3.63, 3.8) is 0 Å². The van der Waals surface area contributed by atoms with Gasteiger partial charge in [0.15, 0.2) is 5.69 Å². The van der Waals surface area contributed by atoms with Gasteiger partial charge in [0, 0.05) is 30.5 Å². The van der Waals surface area contributed by atoms with Gasteiger partial charge < -0.3 is 15.2 Å². The summed E-state index contributed by atoms with van der Waals surface area (Å²) in [6, 6.07) is 13.9. The van der Waals surface area contributed by atoms with E-state index in [1.807, 2.05) is 30.5 Å². The number of nitrogens with zero attached hydrogens (tertiary/aromatic N) is 2. The predicted molar refractivity (Wildman–Crippen MR) is 121 cm³/mol. The number of hydrogen-bond donors (Lipinski definition) is 1. The maximum atomic E-state index is 13.1. The van der Waals surface area contributed by atoms with Gasteiger partial charge in [0.25, 0.3) is 5.91 Å². The molecule has 3 aromatic rings. The fourth-order valence-electron chi connectivity index (χ4n) is 4.39. The van der Waals surface area contributed by atoms with E-state index in [9.17, 15) is 9.59 Å². The number of rotatable bonds is 7. The number of nitrogens with two attached hydrogens (primary N) is 1. The summed E-state index contributed by atoms with van der Waals surface area (Å²) in [6.07, 6.45) is 3.53. The minimum absolute atomic E-state index is 0.206. The number of carbonyl (C=O) groups is 2. The highest BCUT2D eigenvalue weighted by atomic mass is 32.1. The molecule has 0 spiro atoms. The number of primary amides is 1. The monoisotopic (exact) mass is 437 g/mol. The van der Waals surface area contributed by atoms with Crippen LogP contribution in [0.3, 0.4) is 0 Å². The number of carbonyl (C=O) groups excluding carboxylic acids is 2. The standard InChI is InChI=1S/C24H27N3O3S/c1-2-7-18-14-20(26-30-18)22(28)27-12-6-11-24(16-27,23(25)29)15-17-8-3-4-9-19(17)21-10-5-13-31-21/h3-5,8-10,13-14H,2,6-7,11-12,15-16H2,1H3,(H2,25,29). The first-order chi connectivity index (χ1) is 15.0. The van der Waals surface area contributed by atoms with Crippen LogP contribution in [0, 0.1) is 5.41 Å². The number of piperidine rings is 1. The molecule has 6 nitrogen and oxygen atoms in total. The lowest BCUT2D eigenvalue weighted by molar-refractivity contribution is -0.130. The molecule has 1 aromatic carbocycles. The summed E-state index contributed by atoms with van der Waals surface area (Å²) >= 11 is 1.67. The molecule has 1 aliphatic heterocycles. The molecule has 1 saturated heterocycles. The Kier molecular flexibility index (Phi) is 6.23. The van der Waals surface area contributed by atoms with Gasteiger partial charge in [-0.25, -0.2) is 0 Å². The highest BCUT2D eigenvalue weighted by Crippen LogP contribution is 2.38. The van der Waals surface area contributed by atoms with Crippen LogP contribution >= 0.6 is 11.3 Å². The third kappa shape index (κ3) is 4.42. The van der Waals surface area contributed by atoms with Gasteiger partial charge >= 0.3 is 0 Å². The van der Waals surface area contributed by atoms with Gasteiger partial charge in [-0.15, -0.1) is 11.3 Å². The van der Waals surface area contributed by atoms with Crippen LogP contribution in [0.2, 0.25) is 0 Å². The molecule has 162 valence electrons. The number of likely N-dealkylation sites (tertiary alicyclic amines) is 1. The summed E-state index contributed by atoms with van der Waals surface area (Å²) in [5, 5.41) is 6.00. The summed E-state index contributed by atoms with van der Waals surface area (Å²) in [6.45, 7) is 2.91. The molecule has 0 saturated carbocycles. The fraction of sp³-hybridized carbons (Fsp3) is 0.375. The van der Waals surface area contributed by atoms with Crippen LogP contribution in [0.15, 0.2) is 52.4 Å². The van der Waals surface area contributed by atoms with Gasteiger partial charge in [0.1, 0.15) is 5.76 Å². The highest BCUT2D eigenvalue weighted by Gasteiger charge is 2.43. The Morgan fingerprint density at radius 3 is 2.84 bits per heavy atom. The Hall–Kier alpha value is -2.93. The van der Waals surface area contributed by atoms with Gasteiger partial charge in [0.2, 0.25) is 5.91 Å². The van der Waals surface area contributed by atoms with Crippen molar-refractivity contribution in [1.29, 1.82) is 0 Å². The molecule has 1 fully saturated rings. The Bertz CT molecular complexity index is 1060. The van der Waals surface area contributed by atoms with Crippen molar-refractivity contribution in [1.82, 2.24) is 10.1 Å². The Balaban J connectivity index is 1.59. The Morgan fingerprint density at radius 1 is 1.26 bits per heavy atom. The smallest absolute Gasteiger partial charge is 0.276 e. The average Bonchev–Trinajstić information content (AvgIpc) is 3.46. The van der Waals surface area contributed by atoms with E-state index >= 15 is 0 Å². The molecule has 0 radical (unpaired) electrons. The lowest BCUT2D eigenvalue weighted by Gasteiger charge is -2.41. The van der Waals surface area contributed by atoms with Gasteiger partial charge in [-0.1, -0.05) is 42.4 Å². The van der Waals surface area contributed by atoms with Crippen molar-refractivity contribution >= 4 is 23.2 Å². The minimum atomic E-state index is -0.808. The summed E-state index contributed by atoms with van der Waals surface area (Å²) in [4.78, 5) is 28.7. The number of aryl methyl sites for hydroxylation is 1. The zero-order valence-corrected chi connectivity index (χ0v) is 18.5. The van der Waals surface area contributed by atoms with E-state index in [0.717, 1.165) is 35.3 Å². The second-order valence-electron chi connectivity index (χ2n) is 8.21. The van der Waals surface area contributed by atoms with Crippen LogP contribution in [0.25, 0.3) is 10.4 Å². The molecule has 2 aromatic heterocycles. The summed E-state index contributed by atoms with van der Waals surface area (Å²) in [5.74, 6) is 0.134. The SMILES string of the molecule is CCCc1cc(C(=O)N2CCCC(Cc3ccccc3-c3cccs3)(C(N)=O)C2)no1. The molecule has 3 heterocycles. The third-order valence-electron chi connectivity index (χ3n) is 5.99. The molecular weight excluding hydrogens is 410 g/mol. The van der Waals surface area contributed by atoms with E-state index in [4.69, 9.17) is 10.3 Å². The molecular formula is C24H27N3O3S. The van der Waals surface area contributed by atoms with Crippen LogP contribution in [-0.4, -0.2) is 35.0 Å². The number of thiophene rings is 1. The topological polar surface area (TPSA) is 89.4 Å². The van der Waals surface area contributed by atoms with Crippen molar-refractivity contribution in [2.75, 3.05) is 13.1 Å². The second-order valence-corrected chi connectivity index (χ2v) is 9.16. The van der Waals surface area contributed by atoms with E-state index in [1.54, 1.807) is 22.3 Å². The van der Waals surface area contributed by atoms with Crippen LogP contribution in [0.5, 0.6) is 0 Å². The third-order valence-corrected chi connectivity index (χ3v) is 6.90. The molecule has 1 aliphatic rings. The molecule has 0 aliphatic carbocycles. The van der Waals surface area contributed by atoms with Crippen LogP contribution in [-0.2, 0) is 17.6 Å². The first kappa shape index (κ1) is 21.3. The predicted octanol–water partition coefficient (Wildman–Crippen LogP) is 4.31. The zero-order chi connectivity index (χ0) is 21.8. The minimum Gasteiger partial charge on any atom is -0.369 e. The summed E-state index contributed by atoms with van der Waals surface area (Å²) < 4.78 is 5.28. The fourth-order valence-corrected chi connectivity index (χ4v) is 5.18. The molecule has 0 bridgehead atoms.